The topological polar surface area (TPSA) is 33.5 Å². The van der Waals surface area contributed by atoms with Gasteiger partial charge in [-0.1, -0.05) is 198 Å². The Hall–Kier alpha value is -6.68. The first-order valence-electron chi connectivity index (χ1n) is 25.3. The smallest absolute Gasteiger partial charge is 0.135 e. The Labute approximate surface area is 448 Å². The van der Waals surface area contributed by atoms with Crippen molar-refractivity contribution in [1.82, 2.24) is 9.55 Å². The van der Waals surface area contributed by atoms with E-state index in [4.69, 9.17) is 9.72 Å². The first kappa shape index (κ1) is 51.2. The Bertz CT molecular complexity index is 3400. The quantitative estimate of drug-likeness (QED) is 0.121. The number of hydrogen-bond donors (Lipinski definition) is 0. The molecule has 0 fully saturated rings. The molecule has 10 rings (SSSR count). The Kier molecular flexibility index (Phi) is 13.5. The van der Waals surface area contributed by atoms with Gasteiger partial charge in [-0.15, -0.1) is 53.6 Å². The molecule has 0 spiro atoms. The van der Waals surface area contributed by atoms with Gasteiger partial charge in [0.05, 0.1) is 0 Å². The van der Waals surface area contributed by atoms with Crippen molar-refractivity contribution in [1.29, 1.82) is 0 Å². The summed E-state index contributed by atoms with van der Waals surface area (Å²) in [5, 5.41) is 2.23. The van der Waals surface area contributed by atoms with Crippen LogP contribution >= 0.6 is 0 Å². The van der Waals surface area contributed by atoms with E-state index in [9.17, 15) is 0 Å². The third kappa shape index (κ3) is 9.94. The summed E-state index contributed by atoms with van der Waals surface area (Å²) in [6.45, 7) is 29.5. The van der Waals surface area contributed by atoms with E-state index in [0.717, 1.165) is 44.6 Å². The Morgan fingerprint density at radius 2 is 0.986 bits per heavy atom. The molecule has 1 aliphatic heterocycles. The number of aromatic nitrogens is 2. The van der Waals surface area contributed by atoms with Crippen molar-refractivity contribution >= 4 is 33.2 Å². The van der Waals surface area contributed by atoms with Gasteiger partial charge in [0, 0.05) is 66.2 Å². The normalized spacial score (nSPS) is 13.5. The van der Waals surface area contributed by atoms with Crippen LogP contribution in [-0.4, -0.2) is 9.55 Å². The molecule has 0 unspecified atom stereocenters. The Balaban J connectivity index is 0.00000656. The first-order chi connectivity index (χ1) is 34.2. The molecule has 5 nitrogen and oxygen atoms in total. The van der Waals surface area contributed by atoms with Gasteiger partial charge >= 0.3 is 0 Å². The number of fused-ring (bicyclic) bond motifs is 3. The molecule has 0 atom stereocenters. The third-order valence-corrected chi connectivity index (χ3v) is 15.2. The standard InChI is InChI=1S/C67H67N4O.Pt/c1-63(2,3)49-32-33-68-62(42-49)71-60-31-28-50(65(7,8)46-22-16-13-17-23-46)41-59(60)58-30-29-56(44-61(58)71)72-57-40-51(64(4,5)6)37-55(43-57)70-35-34-69(45-70)54-38-52(66(9,10)47-24-18-14-19-25-47)36-53(39-54)67(11,12)48-26-20-15-21-27-48;/h13-42,45H,1-12H3;/q-3;. The molecule has 0 bridgehead atoms. The molecule has 6 heteroatoms. The fourth-order valence-electron chi connectivity index (χ4n) is 10.1. The molecular weight excluding hydrogens is 1070 g/mol. The van der Waals surface area contributed by atoms with Crippen LogP contribution in [0, 0.1) is 18.8 Å². The number of rotatable bonds is 11. The summed E-state index contributed by atoms with van der Waals surface area (Å²) >= 11 is 0. The fourth-order valence-corrected chi connectivity index (χ4v) is 10.1. The molecular formula is C67H67N4OPt-3. The number of ether oxygens (including phenoxy) is 1. The monoisotopic (exact) mass is 1140 g/mol. The van der Waals surface area contributed by atoms with Gasteiger partial charge in [0.25, 0.3) is 0 Å². The first-order valence-corrected chi connectivity index (χ1v) is 25.3. The van der Waals surface area contributed by atoms with Gasteiger partial charge in [-0.3, -0.25) is 0 Å². The minimum Gasteiger partial charge on any atom is -0.509 e. The number of pyridine rings is 1. The molecule has 73 heavy (non-hydrogen) atoms. The predicted molar refractivity (Wildman–Crippen MR) is 301 cm³/mol. The van der Waals surface area contributed by atoms with Gasteiger partial charge < -0.3 is 19.1 Å². The van der Waals surface area contributed by atoms with E-state index >= 15 is 0 Å². The molecule has 0 aliphatic carbocycles. The van der Waals surface area contributed by atoms with E-state index < -0.39 is 0 Å². The van der Waals surface area contributed by atoms with E-state index in [0.29, 0.717) is 11.5 Å². The van der Waals surface area contributed by atoms with Crippen LogP contribution < -0.4 is 14.5 Å². The van der Waals surface area contributed by atoms with E-state index in [-0.39, 0.29) is 48.1 Å². The zero-order chi connectivity index (χ0) is 50.8. The zero-order valence-corrected chi connectivity index (χ0v) is 46.7. The van der Waals surface area contributed by atoms with Crippen LogP contribution in [-0.2, 0) is 48.1 Å². The molecule has 9 aromatic rings. The molecule has 7 aromatic carbocycles. The van der Waals surface area contributed by atoms with Gasteiger partial charge in [-0.25, -0.2) is 4.98 Å². The molecule has 0 saturated carbocycles. The van der Waals surface area contributed by atoms with Gasteiger partial charge in [0.2, 0.25) is 0 Å². The van der Waals surface area contributed by atoms with Crippen LogP contribution in [0.3, 0.4) is 0 Å². The molecule has 0 saturated heterocycles. The predicted octanol–water partition coefficient (Wildman–Crippen LogP) is 17.1. The van der Waals surface area contributed by atoms with Gasteiger partial charge in [-0.2, -0.15) is 6.07 Å². The molecule has 0 N–H and O–H groups in total. The second-order valence-corrected chi connectivity index (χ2v) is 23.2. The van der Waals surface area contributed by atoms with Gasteiger partial charge in [0.15, 0.2) is 0 Å². The number of hydrogen-bond acceptors (Lipinski definition) is 4. The van der Waals surface area contributed by atoms with Crippen LogP contribution in [0.2, 0.25) is 0 Å². The summed E-state index contributed by atoms with van der Waals surface area (Å²) in [6.07, 6.45) is 6.18. The Morgan fingerprint density at radius 3 is 1.55 bits per heavy atom. The number of nitrogens with zero attached hydrogens (tertiary/aromatic N) is 4. The minimum absolute atomic E-state index is 0. The Morgan fingerprint density at radius 1 is 0.438 bits per heavy atom. The maximum Gasteiger partial charge on any atom is 0.135 e. The van der Waals surface area contributed by atoms with Crippen molar-refractivity contribution < 1.29 is 25.8 Å². The molecule has 2 aromatic heterocycles. The average Bonchev–Trinajstić information content (AvgIpc) is 4.00. The van der Waals surface area contributed by atoms with E-state index in [1.54, 1.807) is 0 Å². The summed E-state index contributed by atoms with van der Waals surface area (Å²) in [5.74, 6) is 2.07. The summed E-state index contributed by atoms with van der Waals surface area (Å²) < 4.78 is 9.15. The second-order valence-electron chi connectivity index (χ2n) is 23.2. The van der Waals surface area contributed by atoms with Crippen molar-refractivity contribution in [3.8, 4) is 17.3 Å². The van der Waals surface area contributed by atoms with Crippen molar-refractivity contribution in [2.45, 2.75) is 110 Å². The maximum atomic E-state index is 6.90. The van der Waals surface area contributed by atoms with E-state index in [1.165, 1.54) is 38.9 Å². The molecule has 0 amide bonds. The van der Waals surface area contributed by atoms with Crippen LogP contribution in [0.4, 0.5) is 11.4 Å². The van der Waals surface area contributed by atoms with Gasteiger partial charge in [0.1, 0.15) is 5.82 Å². The van der Waals surface area contributed by atoms with Crippen LogP contribution in [0.25, 0.3) is 27.6 Å². The largest absolute Gasteiger partial charge is 0.509 e. The molecule has 3 heterocycles. The van der Waals surface area contributed by atoms with E-state index in [1.807, 2.05) is 12.3 Å². The molecule has 374 valence electrons. The minimum atomic E-state index is -0.243. The third-order valence-electron chi connectivity index (χ3n) is 15.2. The van der Waals surface area contributed by atoms with Crippen LogP contribution in [0.5, 0.6) is 11.5 Å². The number of benzene rings is 7. The summed E-state index contributed by atoms with van der Waals surface area (Å²) in [4.78, 5) is 9.36. The van der Waals surface area contributed by atoms with Crippen molar-refractivity contribution in [2.75, 3.05) is 9.80 Å². The maximum absolute atomic E-state index is 6.90. The average molecular weight is 1140 g/mol. The fraction of sp³-hybridized carbons (Fsp3) is 0.254. The van der Waals surface area contributed by atoms with Gasteiger partial charge in [-0.05, 0) is 97.9 Å². The summed E-state index contributed by atoms with van der Waals surface area (Å²) in [7, 11) is 0. The zero-order valence-electron chi connectivity index (χ0n) is 44.4. The van der Waals surface area contributed by atoms with Crippen molar-refractivity contribution in [3.05, 3.63) is 246 Å². The second kappa shape index (κ2) is 19.3. The number of anilines is 2. The van der Waals surface area contributed by atoms with Crippen molar-refractivity contribution in [2.24, 2.45) is 0 Å². The molecule has 0 radical (unpaired) electrons. The van der Waals surface area contributed by atoms with E-state index in [2.05, 4.69) is 286 Å². The SMILES string of the molecule is CC(C)(C)c1cc(Oc2[c-]c3c(cc2)c2cc(C(C)(C)c4ccccc4)ccc2n3-c2cc(C(C)(C)C)ccn2)[c-]c(N2C=CN(c3cc(C(C)(C)c4ccccc4)cc(C(C)(C)c4ccccc4)c3)[CH-]2)c1.[Pt]. The molecule has 1 aliphatic rings. The van der Waals surface area contributed by atoms with Crippen LogP contribution in [0.1, 0.15) is 128 Å². The van der Waals surface area contributed by atoms with Crippen LogP contribution in [0.15, 0.2) is 182 Å². The summed E-state index contributed by atoms with van der Waals surface area (Å²) in [6, 6.07) is 66.7. The summed E-state index contributed by atoms with van der Waals surface area (Å²) in [5.41, 5.74) is 12.9. The van der Waals surface area contributed by atoms with Crippen molar-refractivity contribution in [3.63, 3.8) is 0 Å².